The summed E-state index contributed by atoms with van der Waals surface area (Å²) in [6.07, 6.45) is 10.5. The molecule has 0 radical (unpaired) electrons. The molecule has 1 saturated heterocycles. The van der Waals surface area contributed by atoms with Gasteiger partial charge in [-0.15, -0.1) is 0 Å². The maximum absolute atomic E-state index is 8.10. The largest absolute Gasteiger partial charge is 0.354 e. The van der Waals surface area contributed by atoms with Gasteiger partial charge in [0.25, 0.3) is 0 Å². The van der Waals surface area contributed by atoms with E-state index in [0.717, 1.165) is 48.8 Å². The van der Waals surface area contributed by atoms with Crippen molar-refractivity contribution >= 4 is 17.6 Å². The van der Waals surface area contributed by atoms with Crippen LogP contribution in [-0.2, 0) is 0 Å². The average molecular weight is 359 g/mol. The molecule has 0 atom stereocenters. The van der Waals surface area contributed by atoms with Crippen LogP contribution in [0.5, 0.6) is 0 Å². The van der Waals surface area contributed by atoms with E-state index in [1.54, 1.807) is 30.7 Å². The zero-order valence-electron chi connectivity index (χ0n) is 14.9. The molecule has 3 aromatic heterocycles. The Morgan fingerprint density at radius 2 is 1.85 bits per heavy atom. The monoisotopic (exact) mass is 359 g/mol. The summed E-state index contributed by atoms with van der Waals surface area (Å²) >= 11 is 0. The van der Waals surface area contributed by atoms with Gasteiger partial charge in [-0.05, 0) is 36.4 Å². The highest BCUT2D eigenvalue weighted by Gasteiger charge is 2.11. The number of pyridine rings is 2. The summed E-state index contributed by atoms with van der Waals surface area (Å²) in [6.45, 7) is 3.95. The molecule has 136 valence electrons. The number of nitrogens with zero attached hydrogens (tertiary/aromatic N) is 4. The zero-order valence-corrected chi connectivity index (χ0v) is 14.9. The van der Waals surface area contributed by atoms with E-state index in [2.05, 4.69) is 42.3 Å². The van der Waals surface area contributed by atoms with Crippen LogP contribution in [0, 0.1) is 5.41 Å². The molecule has 0 aliphatic carbocycles. The number of hydrogen-bond donors (Lipinski definition) is 3. The van der Waals surface area contributed by atoms with E-state index in [1.165, 1.54) is 0 Å². The SMILES string of the molecule is N=C(/C=C\c1ncc(-c2ccc(N3CCNCC3)nc2)[nH]1)c1ccncc1. The number of rotatable bonds is 5. The Morgan fingerprint density at radius 3 is 2.59 bits per heavy atom. The van der Waals surface area contributed by atoms with Crippen molar-refractivity contribution in [2.45, 2.75) is 0 Å². The first-order chi connectivity index (χ1) is 13.3. The van der Waals surface area contributed by atoms with E-state index in [0.29, 0.717) is 11.5 Å². The van der Waals surface area contributed by atoms with Crippen LogP contribution in [0.15, 0.2) is 55.1 Å². The topological polar surface area (TPSA) is 93.6 Å². The number of nitrogens with one attached hydrogen (secondary N) is 3. The average Bonchev–Trinajstić information content (AvgIpc) is 3.22. The molecule has 0 unspecified atom stereocenters. The van der Waals surface area contributed by atoms with Crippen LogP contribution in [0.25, 0.3) is 17.3 Å². The lowest BCUT2D eigenvalue weighted by Crippen LogP contribution is -2.43. The Balaban J connectivity index is 1.44. The number of aromatic amines is 1. The first-order valence-electron chi connectivity index (χ1n) is 8.94. The fourth-order valence-corrected chi connectivity index (χ4v) is 2.98. The van der Waals surface area contributed by atoms with Crippen molar-refractivity contribution in [2.75, 3.05) is 31.1 Å². The third-order valence-electron chi connectivity index (χ3n) is 4.49. The predicted octanol–water partition coefficient (Wildman–Crippen LogP) is 2.36. The lowest BCUT2D eigenvalue weighted by Gasteiger charge is -2.28. The number of imidazole rings is 1. The summed E-state index contributed by atoms with van der Waals surface area (Å²) in [5, 5.41) is 11.4. The fourth-order valence-electron chi connectivity index (χ4n) is 2.98. The molecule has 0 aromatic carbocycles. The van der Waals surface area contributed by atoms with Crippen LogP contribution in [0.4, 0.5) is 5.82 Å². The second kappa shape index (κ2) is 7.92. The predicted molar refractivity (Wildman–Crippen MR) is 107 cm³/mol. The van der Waals surface area contributed by atoms with Gasteiger partial charge >= 0.3 is 0 Å². The van der Waals surface area contributed by atoms with Crippen molar-refractivity contribution < 1.29 is 0 Å². The van der Waals surface area contributed by atoms with Gasteiger partial charge in [-0.1, -0.05) is 0 Å². The van der Waals surface area contributed by atoms with E-state index in [-0.39, 0.29) is 0 Å². The fraction of sp³-hybridized carbons (Fsp3) is 0.200. The van der Waals surface area contributed by atoms with Crippen molar-refractivity contribution in [3.05, 3.63) is 66.5 Å². The summed E-state index contributed by atoms with van der Waals surface area (Å²) < 4.78 is 0. The van der Waals surface area contributed by atoms with Crippen LogP contribution in [-0.4, -0.2) is 51.8 Å². The molecule has 3 aromatic rings. The van der Waals surface area contributed by atoms with Gasteiger partial charge < -0.3 is 20.6 Å². The second-order valence-corrected chi connectivity index (χ2v) is 6.31. The lowest BCUT2D eigenvalue weighted by atomic mass is 10.1. The summed E-state index contributed by atoms with van der Waals surface area (Å²) in [4.78, 5) is 18.5. The summed E-state index contributed by atoms with van der Waals surface area (Å²) in [5.41, 5.74) is 3.13. The maximum Gasteiger partial charge on any atom is 0.130 e. The molecule has 7 nitrogen and oxygen atoms in total. The van der Waals surface area contributed by atoms with Crippen LogP contribution in [0.3, 0.4) is 0 Å². The lowest BCUT2D eigenvalue weighted by molar-refractivity contribution is 0.585. The van der Waals surface area contributed by atoms with E-state index in [4.69, 9.17) is 5.41 Å². The van der Waals surface area contributed by atoms with Crippen molar-refractivity contribution in [1.29, 1.82) is 5.41 Å². The van der Waals surface area contributed by atoms with Gasteiger partial charge in [0.05, 0.1) is 17.6 Å². The van der Waals surface area contributed by atoms with E-state index < -0.39 is 0 Å². The van der Waals surface area contributed by atoms with Gasteiger partial charge in [-0.25, -0.2) is 9.97 Å². The Bertz CT molecular complexity index is 922. The molecule has 3 N–H and O–H groups in total. The Kier molecular flexibility index (Phi) is 5.02. The third-order valence-corrected chi connectivity index (χ3v) is 4.49. The Labute approximate surface area is 157 Å². The van der Waals surface area contributed by atoms with Crippen LogP contribution in [0.2, 0.25) is 0 Å². The van der Waals surface area contributed by atoms with E-state index in [9.17, 15) is 0 Å². The van der Waals surface area contributed by atoms with Gasteiger partial charge in [-0.2, -0.15) is 0 Å². The number of H-pyrrole nitrogens is 1. The molecule has 0 spiro atoms. The molecule has 27 heavy (non-hydrogen) atoms. The molecule has 7 heteroatoms. The summed E-state index contributed by atoms with van der Waals surface area (Å²) in [7, 11) is 0. The highest BCUT2D eigenvalue weighted by molar-refractivity contribution is 6.08. The van der Waals surface area contributed by atoms with Crippen LogP contribution < -0.4 is 10.2 Å². The molecule has 1 aliphatic rings. The standard InChI is InChI=1S/C20H21N7/c21-17(15-5-7-22-8-6-15)2-3-19-24-14-18(26-19)16-1-4-20(25-13-16)27-11-9-23-10-12-27/h1-8,13-14,21,23H,9-12H2,(H,24,26)/b3-2-,21-17?. The first kappa shape index (κ1) is 17.1. The molecule has 4 heterocycles. The van der Waals surface area contributed by atoms with Gasteiger partial charge in [0.1, 0.15) is 11.6 Å². The molecular weight excluding hydrogens is 338 g/mol. The van der Waals surface area contributed by atoms with Gasteiger partial charge in [0, 0.05) is 55.9 Å². The van der Waals surface area contributed by atoms with Crippen molar-refractivity contribution in [1.82, 2.24) is 25.3 Å². The normalized spacial score (nSPS) is 14.6. The minimum atomic E-state index is 0.414. The van der Waals surface area contributed by atoms with Crippen molar-refractivity contribution in [2.24, 2.45) is 0 Å². The highest BCUT2D eigenvalue weighted by Crippen LogP contribution is 2.20. The molecule has 0 saturated carbocycles. The number of anilines is 1. The molecular formula is C20H21N7. The van der Waals surface area contributed by atoms with Crippen molar-refractivity contribution in [3.8, 4) is 11.3 Å². The number of aromatic nitrogens is 4. The molecule has 4 rings (SSSR count). The Morgan fingerprint density at radius 1 is 1.04 bits per heavy atom. The second-order valence-electron chi connectivity index (χ2n) is 6.31. The van der Waals surface area contributed by atoms with Crippen molar-refractivity contribution in [3.63, 3.8) is 0 Å². The number of piperazine rings is 1. The maximum atomic E-state index is 8.10. The molecule has 1 fully saturated rings. The molecule has 1 aliphatic heterocycles. The third kappa shape index (κ3) is 4.09. The summed E-state index contributed by atoms with van der Waals surface area (Å²) in [6, 6.07) is 7.73. The van der Waals surface area contributed by atoms with Crippen LogP contribution >= 0.6 is 0 Å². The van der Waals surface area contributed by atoms with Gasteiger partial charge in [0.2, 0.25) is 0 Å². The molecule has 0 bridgehead atoms. The molecule has 0 amide bonds. The smallest absolute Gasteiger partial charge is 0.130 e. The zero-order chi connectivity index (χ0) is 18.5. The minimum Gasteiger partial charge on any atom is -0.354 e. The quantitative estimate of drug-likeness (QED) is 0.608. The van der Waals surface area contributed by atoms with E-state index >= 15 is 0 Å². The Hall–Kier alpha value is -3.32. The first-order valence-corrected chi connectivity index (χ1v) is 8.94. The van der Waals surface area contributed by atoms with Gasteiger partial charge in [0.15, 0.2) is 0 Å². The van der Waals surface area contributed by atoms with E-state index in [1.807, 2.05) is 18.3 Å². The highest BCUT2D eigenvalue weighted by atomic mass is 15.2. The summed E-state index contributed by atoms with van der Waals surface area (Å²) in [5.74, 6) is 1.71. The van der Waals surface area contributed by atoms with Crippen LogP contribution in [0.1, 0.15) is 11.4 Å². The minimum absolute atomic E-state index is 0.414. The van der Waals surface area contributed by atoms with Gasteiger partial charge in [-0.3, -0.25) is 4.98 Å². The number of allylic oxidation sites excluding steroid dienone is 1. The number of hydrogen-bond acceptors (Lipinski definition) is 6.